The van der Waals surface area contributed by atoms with E-state index in [0.717, 1.165) is 73.0 Å². The van der Waals surface area contributed by atoms with Crippen LogP contribution in [0, 0.1) is 0 Å². The zero-order valence-electron chi connectivity index (χ0n) is 48.9. The molecular formula is C84H56N4OS. The van der Waals surface area contributed by atoms with Crippen LogP contribution in [0.25, 0.3) is 119 Å². The number of benzene rings is 14. The number of hydrogen-bond acceptors (Lipinski definition) is 4. The Kier molecular flexibility index (Phi) is 13.0. The molecule has 0 spiro atoms. The SMILES string of the molecule is c1ccc(-c2c(N(c3ccccc3)c3ccc4oc5ccccc5c4c3)ccc3c4ccccc4n(-c4ccccc4)c23)cc1.c1ccc(-c2c(N(c3ccccc3)c3ccc4sc5ccccc5c4c3)ccc3c4ccccc4n(-c4ccccc4)c23)cc1. The molecule has 0 aliphatic rings. The molecule has 0 radical (unpaired) electrons. The van der Waals surface area contributed by atoms with Crippen molar-refractivity contribution in [2.45, 2.75) is 0 Å². The predicted molar refractivity (Wildman–Crippen MR) is 382 cm³/mol. The lowest BCUT2D eigenvalue weighted by atomic mass is 9.98. The molecule has 5 nitrogen and oxygen atoms in total. The van der Waals surface area contributed by atoms with Gasteiger partial charge in [0.05, 0.1) is 33.4 Å². The zero-order valence-corrected chi connectivity index (χ0v) is 49.8. The second kappa shape index (κ2) is 22.2. The molecule has 0 atom stereocenters. The van der Waals surface area contributed by atoms with Gasteiger partial charge in [-0.2, -0.15) is 0 Å². The third kappa shape index (κ3) is 8.91. The highest BCUT2D eigenvalue weighted by Crippen LogP contribution is 2.51. The van der Waals surface area contributed by atoms with Crippen LogP contribution in [0.15, 0.2) is 344 Å². The van der Waals surface area contributed by atoms with Crippen molar-refractivity contribution in [3.05, 3.63) is 340 Å². The minimum Gasteiger partial charge on any atom is -0.456 e. The number of fused-ring (bicyclic) bond motifs is 12. The van der Waals surface area contributed by atoms with E-state index < -0.39 is 0 Å². The largest absolute Gasteiger partial charge is 0.456 e. The predicted octanol–water partition coefficient (Wildman–Crippen LogP) is 24.1. The van der Waals surface area contributed by atoms with E-state index in [1.54, 1.807) is 0 Å². The van der Waals surface area contributed by atoms with Crippen molar-refractivity contribution >= 4 is 131 Å². The minimum atomic E-state index is 0.885. The molecule has 424 valence electrons. The van der Waals surface area contributed by atoms with E-state index in [0.29, 0.717) is 0 Å². The van der Waals surface area contributed by atoms with Gasteiger partial charge in [0.25, 0.3) is 0 Å². The van der Waals surface area contributed by atoms with E-state index in [1.165, 1.54) is 80.5 Å². The van der Waals surface area contributed by atoms with E-state index in [-0.39, 0.29) is 0 Å². The van der Waals surface area contributed by atoms with Crippen LogP contribution in [0.4, 0.5) is 34.1 Å². The second-order valence-electron chi connectivity index (χ2n) is 22.7. The number of nitrogens with zero attached hydrogens (tertiary/aromatic N) is 4. The molecule has 0 saturated heterocycles. The number of anilines is 6. The van der Waals surface area contributed by atoms with Crippen LogP contribution in [0.2, 0.25) is 0 Å². The van der Waals surface area contributed by atoms with Gasteiger partial charge < -0.3 is 23.4 Å². The normalized spacial score (nSPS) is 11.6. The highest BCUT2D eigenvalue weighted by atomic mass is 32.1. The molecule has 4 heterocycles. The van der Waals surface area contributed by atoms with E-state index in [9.17, 15) is 0 Å². The van der Waals surface area contributed by atoms with Gasteiger partial charge in [-0.15, -0.1) is 11.3 Å². The highest BCUT2D eigenvalue weighted by molar-refractivity contribution is 7.25. The average molecular weight is 1170 g/mol. The van der Waals surface area contributed by atoms with Gasteiger partial charge in [-0.1, -0.05) is 218 Å². The standard InChI is InChI=1S/C42H28N2O.C42H28N2S/c2*1-4-14-29(15-5-1)41-38(26-25-35-33-20-10-12-22-37(33)44(42(35)41)31-18-8-3-9-19-31)43(30-16-6-2-7-17-30)32-24-27-40-36(28-32)34-21-11-13-23-39(34)45-40/h2*1-28H. The van der Waals surface area contributed by atoms with Gasteiger partial charge in [0.1, 0.15) is 11.2 Å². The highest BCUT2D eigenvalue weighted by Gasteiger charge is 2.27. The minimum absolute atomic E-state index is 0.885. The van der Waals surface area contributed by atoms with E-state index >= 15 is 0 Å². The molecule has 18 rings (SSSR count). The lowest BCUT2D eigenvalue weighted by Gasteiger charge is -2.29. The number of hydrogen-bond donors (Lipinski definition) is 0. The van der Waals surface area contributed by atoms with Gasteiger partial charge in [-0.3, -0.25) is 0 Å². The van der Waals surface area contributed by atoms with E-state index in [2.05, 4.69) is 347 Å². The molecule has 0 amide bonds. The Labute approximate surface area is 524 Å². The third-order valence-corrected chi connectivity index (χ3v) is 18.7. The van der Waals surface area contributed by atoms with Crippen LogP contribution in [0.5, 0.6) is 0 Å². The summed E-state index contributed by atoms with van der Waals surface area (Å²) in [6.45, 7) is 0. The Bertz CT molecular complexity index is 5310. The maximum Gasteiger partial charge on any atom is 0.135 e. The van der Waals surface area contributed by atoms with E-state index in [1.807, 2.05) is 23.5 Å². The molecule has 18 aromatic rings. The van der Waals surface area contributed by atoms with Gasteiger partial charge in [0.15, 0.2) is 0 Å². The fourth-order valence-corrected chi connectivity index (χ4v) is 14.7. The number of furan rings is 1. The maximum absolute atomic E-state index is 6.23. The van der Waals surface area contributed by atoms with Gasteiger partial charge in [0, 0.05) is 97.7 Å². The Morgan fingerprint density at radius 2 is 0.644 bits per heavy atom. The summed E-state index contributed by atoms with van der Waals surface area (Å²) in [6, 6.07) is 122. The number of thiophene rings is 1. The van der Waals surface area contributed by atoms with Crippen LogP contribution >= 0.6 is 11.3 Å². The molecule has 4 aromatic heterocycles. The van der Waals surface area contributed by atoms with Crippen molar-refractivity contribution in [2.75, 3.05) is 9.80 Å². The smallest absolute Gasteiger partial charge is 0.135 e. The summed E-state index contributed by atoms with van der Waals surface area (Å²) >= 11 is 1.86. The van der Waals surface area contributed by atoms with Gasteiger partial charge >= 0.3 is 0 Å². The quantitative estimate of drug-likeness (QED) is 0.137. The fourth-order valence-electron chi connectivity index (χ4n) is 13.7. The Morgan fingerprint density at radius 1 is 0.256 bits per heavy atom. The van der Waals surface area contributed by atoms with Crippen molar-refractivity contribution in [2.24, 2.45) is 0 Å². The summed E-state index contributed by atoms with van der Waals surface area (Å²) in [6.07, 6.45) is 0. The van der Waals surface area contributed by atoms with Gasteiger partial charge in [-0.25, -0.2) is 0 Å². The summed E-state index contributed by atoms with van der Waals surface area (Å²) in [5.74, 6) is 0. The van der Waals surface area contributed by atoms with Crippen molar-refractivity contribution in [3.63, 3.8) is 0 Å². The summed E-state index contributed by atoms with van der Waals surface area (Å²) < 4.78 is 13.7. The van der Waals surface area contributed by atoms with Crippen LogP contribution in [-0.4, -0.2) is 9.13 Å². The first kappa shape index (κ1) is 52.6. The second-order valence-corrected chi connectivity index (χ2v) is 23.8. The van der Waals surface area contributed by atoms with Crippen LogP contribution in [0.3, 0.4) is 0 Å². The average Bonchev–Trinajstić information content (AvgIpc) is 1.71. The monoisotopic (exact) mass is 1170 g/mol. The molecule has 0 aliphatic carbocycles. The Hall–Kier alpha value is -11.7. The van der Waals surface area contributed by atoms with Crippen molar-refractivity contribution in [3.8, 4) is 33.6 Å². The Morgan fingerprint density at radius 3 is 1.17 bits per heavy atom. The van der Waals surface area contributed by atoms with E-state index in [4.69, 9.17) is 4.42 Å². The third-order valence-electron chi connectivity index (χ3n) is 17.5. The summed E-state index contributed by atoms with van der Waals surface area (Å²) in [4.78, 5) is 4.82. The van der Waals surface area contributed by atoms with Crippen molar-refractivity contribution in [1.82, 2.24) is 9.13 Å². The lowest BCUT2D eigenvalue weighted by Crippen LogP contribution is -2.12. The first-order valence-corrected chi connectivity index (χ1v) is 31.4. The molecule has 0 unspecified atom stereocenters. The molecule has 6 heteroatoms. The van der Waals surface area contributed by atoms with Gasteiger partial charge in [-0.05, 0) is 132 Å². The van der Waals surface area contributed by atoms with Crippen LogP contribution < -0.4 is 9.80 Å². The summed E-state index contributed by atoms with van der Waals surface area (Å²) in [5.41, 5.74) is 20.2. The first-order chi connectivity index (χ1) is 44.7. The lowest BCUT2D eigenvalue weighted by molar-refractivity contribution is 0.669. The first-order valence-electron chi connectivity index (χ1n) is 30.6. The molecule has 0 bridgehead atoms. The maximum atomic E-state index is 6.23. The van der Waals surface area contributed by atoms with Crippen molar-refractivity contribution < 1.29 is 4.42 Å². The molecule has 0 aliphatic heterocycles. The molecule has 14 aromatic carbocycles. The zero-order chi connectivity index (χ0) is 59.5. The summed E-state index contributed by atoms with van der Waals surface area (Å²) in [5, 5.41) is 9.75. The number of para-hydroxylation sites is 7. The number of aromatic nitrogens is 2. The molecular weight excluding hydrogens is 1110 g/mol. The van der Waals surface area contributed by atoms with Crippen LogP contribution in [0.1, 0.15) is 0 Å². The molecule has 90 heavy (non-hydrogen) atoms. The Balaban J connectivity index is 0.000000139. The number of rotatable bonds is 10. The van der Waals surface area contributed by atoms with Crippen molar-refractivity contribution in [1.29, 1.82) is 0 Å². The van der Waals surface area contributed by atoms with Gasteiger partial charge in [0.2, 0.25) is 0 Å². The topological polar surface area (TPSA) is 29.5 Å². The summed E-state index contributed by atoms with van der Waals surface area (Å²) in [7, 11) is 0. The van der Waals surface area contributed by atoms with Crippen LogP contribution in [-0.2, 0) is 0 Å². The molecule has 0 fully saturated rings. The molecule has 0 saturated carbocycles. The molecule has 0 N–H and O–H groups in total. The fraction of sp³-hybridized carbons (Fsp3) is 0.